The van der Waals surface area contributed by atoms with Crippen molar-refractivity contribution in [2.24, 2.45) is 0 Å². The van der Waals surface area contributed by atoms with Gasteiger partial charge in [-0.3, -0.25) is 4.98 Å². The topological polar surface area (TPSA) is 40.5 Å². The zero-order valence-corrected chi connectivity index (χ0v) is 4.97. The average molecular weight is 127 g/mol. The molecular weight excluding hydrogens is 119 g/mol. The van der Waals surface area contributed by atoms with Crippen LogP contribution in [-0.2, 0) is 6.54 Å². The Kier molecular flexibility index (Phi) is 1.75. The van der Waals surface area contributed by atoms with Gasteiger partial charge in [0.15, 0.2) is 0 Å². The molecular formula is C6H8FN2+. The van der Waals surface area contributed by atoms with Crippen LogP contribution in [0.25, 0.3) is 0 Å². The predicted octanol–water partition coefficient (Wildman–Crippen LogP) is -0.0374. The van der Waals surface area contributed by atoms with Gasteiger partial charge in [0.05, 0.1) is 6.20 Å². The third-order valence-corrected chi connectivity index (χ3v) is 1.13. The molecule has 0 amide bonds. The minimum atomic E-state index is -0.271. The van der Waals surface area contributed by atoms with Crippen LogP contribution in [0.1, 0.15) is 5.56 Å². The Morgan fingerprint density at radius 2 is 2.44 bits per heavy atom. The number of halogens is 1. The Balaban J connectivity index is 3.01. The van der Waals surface area contributed by atoms with Gasteiger partial charge in [0.1, 0.15) is 12.4 Å². The molecule has 2 nitrogen and oxygen atoms in total. The van der Waals surface area contributed by atoms with Crippen molar-refractivity contribution < 1.29 is 10.1 Å². The third kappa shape index (κ3) is 1.23. The summed E-state index contributed by atoms with van der Waals surface area (Å²) in [5.41, 5.74) is 4.16. The Labute approximate surface area is 52.5 Å². The molecule has 0 saturated heterocycles. The first-order valence-electron chi connectivity index (χ1n) is 2.72. The lowest BCUT2D eigenvalue weighted by Gasteiger charge is -1.92. The minimum Gasteiger partial charge on any atom is -0.354 e. The van der Waals surface area contributed by atoms with Gasteiger partial charge in [0.2, 0.25) is 0 Å². The maximum Gasteiger partial charge on any atom is 0.150 e. The van der Waals surface area contributed by atoms with Crippen molar-refractivity contribution >= 4 is 0 Å². The van der Waals surface area contributed by atoms with Gasteiger partial charge >= 0.3 is 0 Å². The standard InChI is InChI=1S/C6H7FN2/c7-6-4-9-2-1-5(6)3-8/h1-2,4H,3,8H2/p+1. The highest BCUT2D eigenvalue weighted by Gasteiger charge is 1.97. The van der Waals surface area contributed by atoms with E-state index in [2.05, 4.69) is 10.7 Å². The van der Waals surface area contributed by atoms with E-state index >= 15 is 0 Å². The fourth-order valence-corrected chi connectivity index (χ4v) is 0.607. The predicted molar refractivity (Wildman–Crippen MR) is 30.8 cm³/mol. The van der Waals surface area contributed by atoms with E-state index in [0.29, 0.717) is 12.1 Å². The van der Waals surface area contributed by atoms with Gasteiger partial charge in [-0.1, -0.05) is 0 Å². The zero-order valence-electron chi connectivity index (χ0n) is 4.97. The molecule has 0 radical (unpaired) electrons. The molecule has 0 saturated carbocycles. The molecule has 0 spiro atoms. The van der Waals surface area contributed by atoms with Crippen molar-refractivity contribution in [3.05, 3.63) is 29.8 Å². The van der Waals surface area contributed by atoms with Gasteiger partial charge in [-0.25, -0.2) is 4.39 Å². The highest BCUT2D eigenvalue weighted by Crippen LogP contribution is 2.00. The van der Waals surface area contributed by atoms with Crippen molar-refractivity contribution in [1.82, 2.24) is 4.98 Å². The van der Waals surface area contributed by atoms with Crippen LogP contribution >= 0.6 is 0 Å². The van der Waals surface area contributed by atoms with Crippen molar-refractivity contribution in [3.63, 3.8) is 0 Å². The normalized spacial score (nSPS) is 9.56. The van der Waals surface area contributed by atoms with Crippen LogP contribution in [0.5, 0.6) is 0 Å². The summed E-state index contributed by atoms with van der Waals surface area (Å²) >= 11 is 0. The molecule has 1 rings (SSSR count). The SMILES string of the molecule is [NH3+]Cc1ccncc1F. The highest BCUT2D eigenvalue weighted by atomic mass is 19.1. The van der Waals surface area contributed by atoms with E-state index < -0.39 is 0 Å². The van der Waals surface area contributed by atoms with E-state index in [-0.39, 0.29) is 5.82 Å². The van der Waals surface area contributed by atoms with Crippen LogP contribution in [0.3, 0.4) is 0 Å². The molecule has 0 aliphatic carbocycles. The van der Waals surface area contributed by atoms with Crippen molar-refractivity contribution in [3.8, 4) is 0 Å². The number of rotatable bonds is 1. The zero-order chi connectivity index (χ0) is 6.69. The first-order valence-corrected chi connectivity index (χ1v) is 2.72. The number of quaternary nitrogens is 1. The fourth-order valence-electron chi connectivity index (χ4n) is 0.607. The van der Waals surface area contributed by atoms with Gasteiger partial charge in [-0.2, -0.15) is 0 Å². The first kappa shape index (κ1) is 6.16. The Morgan fingerprint density at radius 3 is 2.89 bits per heavy atom. The second kappa shape index (κ2) is 2.55. The van der Waals surface area contributed by atoms with Crippen LogP contribution in [0.2, 0.25) is 0 Å². The van der Waals surface area contributed by atoms with E-state index in [1.165, 1.54) is 6.20 Å². The Bertz CT molecular complexity index is 200. The minimum absolute atomic E-state index is 0.271. The summed E-state index contributed by atoms with van der Waals surface area (Å²) in [6.07, 6.45) is 2.75. The summed E-state index contributed by atoms with van der Waals surface area (Å²) in [6.45, 7) is 0.481. The summed E-state index contributed by atoms with van der Waals surface area (Å²) in [6, 6.07) is 1.63. The second-order valence-electron chi connectivity index (χ2n) is 1.72. The lowest BCUT2D eigenvalue weighted by molar-refractivity contribution is -0.387. The Hall–Kier alpha value is -0.960. The summed E-state index contributed by atoms with van der Waals surface area (Å²) in [5.74, 6) is -0.271. The average Bonchev–Trinajstić information content (AvgIpc) is 1.89. The quantitative estimate of drug-likeness (QED) is 0.565. The number of hydrogen-bond donors (Lipinski definition) is 1. The molecule has 48 valence electrons. The molecule has 0 aliphatic rings. The maximum atomic E-state index is 12.5. The van der Waals surface area contributed by atoms with Crippen LogP contribution < -0.4 is 5.73 Å². The van der Waals surface area contributed by atoms with Crippen molar-refractivity contribution in [2.75, 3.05) is 0 Å². The van der Waals surface area contributed by atoms with Crippen LogP contribution in [0.15, 0.2) is 18.5 Å². The van der Waals surface area contributed by atoms with E-state index in [1.807, 2.05) is 0 Å². The molecule has 3 N–H and O–H groups in total. The van der Waals surface area contributed by atoms with Crippen molar-refractivity contribution in [2.45, 2.75) is 6.54 Å². The van der Waals surface area contributed by atoms with Gasteiger partial charge in [0, 0.05) is 11.8 Å². The van der Waals surface area contributed by atoms with E-state index in [9.17, 15) is 4.39 Å². The van der Waals surface area contributed by atoms with Gasteiger partial charge in [0.25, 0.3) is 0 Å². The van der Waals surface area contributed by atoms with E-state index in [1.54, 1.807) is 12.3 Å². The number of nitrogens with zero attached hydrogens (tertiary/aromatic N) is 1. The summed E-state index contributed by atoms with van der Waals surface area (Å²) in [7, 11) is 0. The lowest BCUT2D eigenvalue weighted by Crippen LogP contribution is -2.47. The lowest BCUT2D eigenvalue weighted by atomic mass is 10.3. The van der Waals surface area contributed by atoms with Crippen LogP contribution in [0, 0.1) is 5.82 Å². The molecule has 0 bridgehead atoms. The molecule has 0 aromatic carbocycles. The van der Waals surface area contributed by atoms with Crippen LogP contribution in [-0.4, -0.2) is 4.98 Å². The van der Waals surface area contributed by atoms with Crippen molar-refractivity contribution in [1.29, 1.82) is 0 Å². The number of aromatic nitrogens is 1. The highest BCUT2D eigenvalue weighted by molar-refractivity contribution is 5.10. The van der Waals surface area contributed by atoms with Crippen LogP contribution in [0.4, 0.5) is 4.39 Å². The maximum absolute atomic E-state index is 12.5. The first-order chi connectivity index (χ1) is 4.34. The molecule has 3 heteroatoms. The summed E-state index contributed by atoms with van der Waals surface area (Å²) < 4.78 is 12.5. The molecule has 1 aromatic rings. The molecule has 0 fully saturated rings. The molecule has 1 heterocycles. The second-order valence-corrected chi connectivity index (χ2v) is 1.72. The molecule has 0 aliphatic heterocycles. The number of hydrogen-bond acceptors (Lipinski definition) is 1. The molecule has 0 unspecified atom stereocenters. The molecule has 1 aromatic heterocycles. The summed E-state index contributed by atoms with van der Waals surface area (Å²) in [5, 5.41) is 0. The molecule has 0 atom stereocenters. The Morgan fingerprint density at radius 1 is 1.67 bits per heavy atom. The monoisotopic (exact) mass is 127 g/mol. The largest absolute Gasteiger partial charge is 0.354 e. The fraction of sp³-hybridized carbons (Fsp3) is 0.167. The summed E-state index contributed by atoms with van der Waals surface area (Å²) in [4.78, 5) is 3.59. The van der Waals surface area contributed by atoms with Gasteiger partial charge in [-0.05, 0) is 6.07 Å². The van der Waals surface area contributed by atoms with Gasteiger partial charge < -0.3 is 5.73 Å². The molecule has 9 heavy (non-hydrogen) atoms. The van der Waals surface area contributed by atoms with E-state index in [0.717, 1.165) is 0 Å². The smallest absolute Gasteiger partial charge is 0.150 e. The third-order valence-electron chi connectivity index (χ3n) is 1.13. The number of pyridine rings is 1. The van der Waals surface area contributed by atoms with Gasteiger partial charge in [-0.15, -0.1) is 0 Å². The van der Waals surface area contributed by atoms with E-state index in [4.69, 9.17) is 0 Å².